The van der Waals surface area contributed by atoms with Crippen LogP contribution in [-0.2, 0) is 24.3 Å². The Hall–Kier alpha value is -1.73. The highest BCUT2D eigenvalue weighted by molar-refractivity contribution is 7.18. The average molecular weight is 344 g/mol. The molecule has 1 amide bonds. The van der Waals surface area contributed by atoms with E-state index in [0.29, 0.717) is 19.0 Å². The van der Waals surface area contributed by atoms with E-state index in [1.165, 1.54) is 10.4 Å². The third-order valence-corrected chi connectivity index (χ3v) is 6.52. The Morgan fingerprint density at radius 2 is 2.21 bits per heavy atom. The Morgan fingerprint density at radius 3 is 3.04 bits per heavy atom. The number of likely N-dealkylation sites (tertiary alicyclic amines) is 1. The Balaban J connectivity index is 1.46. The molecular weight excluding hydrogens is 324 g/mol. The van der Waals surface area contributed by atoms with Gasteiger partial charge >= 0.3 is 0 Å². The number of nitrogens with zero attached hydrogens (tertiary/aromatic N) is 3. The highest BCUT2D eigenvalue weighted by Gasteiger charge is 2.39. The number of carbonyl (C=O) groups is 1. The lowest BCUT2D eigenvalue weighted by atomic mass is 10.1. The summed E-state index contributed by atoms with van der Waals surface area (Å²) in [5.41, 5.74) is 1.25. The fraction of sp³-hybridized carbons (Fsp3) is 0.588. The summed E-state index contributed by atoms with van der Waals surface area (Å²) in [6.45, 7) is 3.14. The number of nitrogens with one attached hydrogen (secondary N) is 1. The summed E-state index contributed by atoms with van der Waals surface area (Å²) in [4.78, 5) is 33.7. The standard InChI is InChI=1S/C17H20N4O2S/c22-14-5-10(8-21(14)11-1-2-11)7-20-9-19-16-15(17(20)23)12-3-4-18-6-13(12)24-16/h9-11,18H,1-8H2/t10-/m1/s1. The molecule has 126 valence electrons. The summed E-state index contributed by atoms with van der Waals surface area (Å²) < 4.78 is 1.73. The van der Waals surface area contributed by atoms with E-state index in [-0.39, 0.29) is 17.4 Å². The zero-order valence-corrected chi connectivity index (χ0v) is 14.3. The van der Waals surface area contributed by atoms with Crippen molar-refractivity contribution in [3.8, 4) is 0 Å². The van der Waals surface area contributed by atoms with Crippen molar-refractivity contribution in [1.82, 2.24) is 19.8 Å². The molecule has 2 aliphatic heterocycles. The molecule has 4 heterocycles. The lowest BCUT2D eigenvalue weighted by molar-refractivity contribution is -0.128. The van der Waals surface area contributed by atoms with Crippen molar-refractivity contribution in [3.05, 3.63) is 27.1 Å². The summed E-state index contributed by atoms with van der Waals surface area (Å²) in [5.74, 6) is 0.481. The smallest absolute Gasteiger partial charge is 0.262 e. The van der Waals surface area contributed by atoms with E-state index >= 15 is 0 Å². The second-order valence-corrected chi connectivity index (χ2v) is 8.24. The van der Waals surface area contributed by atoms with Gasteiger partial charge < -0.3 is 10.2 Å². The predicted molar refractivity (Wildman–Crippen MR) is 92.1 cm³/mol. The van der Waals surface area contributed by atoms with Crippen LogP contribution in [0.5, 0.6) is 0 Å². The van der Waals surface area contributed by atoms with Crippen LogP contribution >= 0.6 is 11.3 Å². The summed E-state index contributed by atoms with van der Waals surface area (Å²) in [6.07, 6.45) is 5.41. The van der Waals surface area contributed by atoms with E-state index < -0.39 is 0 Å². The Morgan fingerprint density at radius 1 is 1.33 bits per heavy atom. The molecule has 5 rings (SSSR count). The molecule has 2 aromatic rings. The Bertz CT molecular complexity index is 883. The van der Waals surface area contributed by atoms with Crippen LogP contribution in [0.3, 0.4) is 0 Å². The molecule has 1 saturated heterocycles. The van der Waals surface area contributed by atoms with Crippen LogP contribution in [-0.4, -0.2) is 39.5 Å². The SMILES string of the molecule is O=C1C[C@H](Cn2cnc3sc4c(c3c2=O)CCNC4)CN1C1CC1. The molecule has 1 N–H and O–H groups in total. The van der Waals surface area contributed by atoms with Crippen molar-refractivity contribution in [2.24, 2.45) is 5.92 Å². The Kier molecular flexibility index (Phi) is 3.28. The number of aromatic nitrogens is 2. The summed E-state index contributed by atoms with van der Waals surface area (Å²) >= 11 is 1.63. The van der Waals surface area contributed by atoms with Crippen molar-refractivity contribution in [2.45, 2.75) is 44.8 Å². The fourth-order valence-corrected chi connectivity index (χ4v) is 5.18. The molecule has 1 saturated carbocycles. The Labute approximate surface area is 143 Å². The first-order chi connectivity index (χ1) is 11.7. The van der Waals surface area contributed by atoms with Gasteiger partial charge in [-0.25, -0.2) is 4.98 Å². The molecule has 0 unspecified atom stereocenters. The summed E-state index contributed by atoms with van der Waals surface area (Å²) in [6, 6.07) is 0.469. The highest BCUT2D eigenvalue weighted by Crippen LogP contribution is 2.33. The zero-order valence-electron chi connectivity index (χ0n) is 13.5. The van der Waals surface area contributed by atoms with E-state index in [1.54, 1.807) is 22.2 Å². The molecule has 1 aliphatic carbocycles. The molecule has 3 aliphatic rings. The monoisotopic (exact) mass is 344 g/mol. The highest BCUT2D eigenvalue weighted by atomic mass is 32.1. The van der Waals surface area contributed by atoms with Gasteiger partial charge in [-0.2, -0.15) is 0 Å². The van der Waals surface area contributed by atoms with Gasteiger partial charge in [0.2, 0.25) is 5.91 Å². The summed E-state index contributed by atoms with van der Waals surface area (Å²) in [5, 5.41) is 4.16. The van der Waals surface area contributed by atoms with Gasteiger partial charge in [0.15, 0.2) is 0 Å². The van der Waals surface area contributed by atoms with E-state index in [1.807, 2.05) is 4.90 Å². The van der Waals surface area contributed by atoms with Crippen LogP contribution in [0.1, 0.15) is 29.7 Å². The van der Waals surface area contributed by atoms with Crippen molar-refractivity contribution in [2.75, 3.05) is 13.1 Å². The van der Waals surface area contributed by atoms with Crippen LogP contribution in [0.4, 0.5) is 0 Å². The molecule has 0 aromatic carbocycles. The maximum Gasteiger partial charge on any atom is 0.262 e. The maximum absolute atomic E-state index is 13.0. The van der Waals surface area contributed by atoms with Crippen LogP contribution in [0.25, 0.3) is 10.2 Å². The van der Waals surface area contributed by atoms with Crippen molar-refractivity contribution >= 4 is 27.5 Å². The lowest BCUT2D eigenvalue weighted by Gasteiger charge is -2.16. The topological polar surface area (TPSA) is 67.2 Å². The minimum Gasteiger partial charge on any atom is -0.339 e. The van der Waals surface area contributed by atoms with Gasteiger partial charge in [-0.3, -0.25) is 14.2 Å². The fourth-order valence-electron chi connectivity index (χ4n) is 4.03. The van der Waals surface area contributed by atoms with Gasteiger partial charge in [0.25, 0.3) is 5.56 Å². The van der Waals surface area contributed by atoms with Gasteiger partial charge in [0.05, 0.1) is 11.7 Å². The molecular formula is C17H20N4O2S. The number of rotatable bonds is 3. The minimum absolute atomic E-state index is 0.0664. The quantitative estimate of drug-likeness (QED) is 0.906. The first-order valence-electron chi connectivity index (χ1n) is 8.70. The number of hydrogen-bond acceptors (Lipinski definition) is 5. The van der Waals surface area contributed by atoms with Crippen molar-refractivity contribution < 1.29 is 4.79 Å². The van der Waals surface area contributed by atoms with Crippen LogP contribution in [0, 0.1) is 5.92 Å². The maximum atomic E-state index is 13.0. The predicted octanol–water partition coefficient (Wildman–Crippen LogP) is 1.11. The lowest BCUT2D eigenvalue weighted by Crippen LogP contribution is -2.29. The number of hydrogen-bond donors (Lipinski definition) is 1. The molecule has 7 heteroatoms. The van der Waals surface area contributed by atoms with Crippen molar-refractivity contribution in [1.29, 1.82) is 0 Å². The molecule has 2 fully saturated rings. The van der Waals surface area contributed by atoms with Crippen LogP contribution in [0.15, 0.2) is 11.1 Å². The molecule has 1 atom stereocenters. The average Bonchev–Trinajstić information content (AvgIpc) is 3.25. The summed E-state index contributed by atoms with van der Waals surface area (Å²) in [7, 11) is 0. The minimum atomic E-state index is 0.0664. The number of amides is 1. The first kappa shape index (κ1) is 14.6. The third kappa shape index (κ3) is 2.29. The van der Waals surface area contributed by atoms with E-state index in [2.05, 4.69) is 10.3 Å². The number of carbonyl (C=O) groups excluding carboxylic acids is 1. The largest absolute Gasteiger partial charge is 0.339 e. The van der Waals surface area contributed by atoms with Gasteiger partial charge in [0.1, 0.15) is 4.83 Å². The van der Waals surface area contributed by atoms with Gasteiger partial charge in [-0.1, -0.05) is 0 Å². The second kappa shape index (κ2) is 5.39. The van der Waals surface area contributed by atoms with E-state index in [0.717, 1.165) is 49.1 Å². The van der Waals surface area contributed by atoms with E-state index in [4.69, 9.17) is 0 Å². The first-order valence-corrected chi connectivity index (χ1v) is 9.52. The van der Waals surface area contributed by atoms with Crippen LogP contribution in [0.2, 0.25) is 0 Å². The van der Waals surface area contributed by atoms with Crippen molar-refractivity contribution in [3.63, 3.8) is 0 Å². The van der Waals surface area contributed by atoms with Crippen LogP contribution < -0.4 is 10.9 Å². The number of fused-ring (bicyclic) bond motifs is 3. The second-order valence-electron chi connectivity index (χ2n) is 7.16. The third-order valence-electron chi connectivity index (χ3n) is 5.38. The molecule has 0 spiro atoms. The normalized spacial score (nSPS) is 23.9. The van der Waals surface area contributed by atoms with Gasteiger partial charge in [0, 0.05) is 42.9 Å². The molecule has 6 nitrogen and oxygen atoms in total. The molecule has 2 aromatic heterocycles. The molecule has 0 bridgehead atoms. The molecule has 24 heavy (non-hydrogen) atoms. The number of thiophene rings is 1. The molecule has 0 radical (unpaired) electrons. The van der Waals surface area contributed by atoms with Gasteiger partial charge in [-0.05, 0) is 31.4 Å². The zero-order chi connectivity index (χ0) is 16.3. The van der Waals surface area contributed by atoms with E-state index in [9.17, 15) is 9.59 Å². The van der Waals surface area contributed by atoms with Gasteiger partial charge in [-0.15, -0.1) is 11.3 Å².